The second-order valence-electron chi connectivity index (χ2n) is 8.08. The first-order valence-electron chi connectivity index (χ1n) is 10.3. The van der Waals surface area contributed by atoms with Gasteiger partial charge in [-0.3, -0.25) is 0 Å². The number of carbonyl (C=O) groups excluding carboxylic acids is 1. The SMILES string of the molecule is O=CC(O)[C@H](O)[C@@H](O[C@H]1OC(C(=O)O)[C@@H](O[C@@H]2OC(C(=O)O)[C@H](O)[C@@H](O)C2O)C(O)[C@H]1O)C(O)C(=O)O. The van der Waals surface area contributed by atoms with Gasteiger partial charge in [0.25, 0.3) is 0 Å². The summed E-state index contributed by atoms with van der Waals surface area (Å²) in [5.74, 6) is -5.79. The van der Waals surface area contributed by atoms with Crippen LogP contribution in [0, 0.1) is 0 Å². The number of carbonyl (C=O) groups is 4. The first-order valence-corrected chi connectivity index (χ1v) is 10.3. The quantitative estimate of drug-likeness (QED) is 0.107. The zero-order valence-electron chi connectivity index (χ0n) is 18.3. The van der Waals surface area contributed by atoms with E-state index in [1.165, 1.54) is 0 Å². The maximum absolute atomic E-state index is 11.8. The molecule has 37 heavy (non-hydrogen) atoms. The molecule has 2 aliphatic heterocycles. The third-order valence-corrected chi connectivity index (χ3v) is 5.57. The minimum absolute atomic E-state index is 0.252. The minimum Gasteiger partial charge on any atom is -0.479 e. The van der Waals surface area contributed by atoms with Gasteiger partial charge in [0, 0.05) is 0 Å². The lowest BCUT2D eigenvalue weighted by molar-refractivity contribution is -0.358. The third kappa shape index (κ3) is 6.54. The van der Waals surface area contributed by atoms with Crippen LogP contribution in [0.2, 0.25) is 0 Å². The highest BCUT2D eigenvalue weighted by Gasteiger charge is 2.55. The van der Waals surface area contributed by atoms with Gasteiger partial charge in [0.2, 0.25) is 0 Å². The van der Waals surface area contributed by atoms with Crippen LogP contribution in [0.25, 0.3) is 0 Å². The number of aliphatic hydroxyl groups excluding tert-OH is 8. The molecule has 14 atom stereocenters. The maximum Gasteiger partial charge on any atom is 0.335 e. The molecule has 6 unspecified atom stereocenters. The van der Waals surface area contributed by atoms with Crippen LogP contribution in [0.4, 0.5) is 0 Å². The van der Waals surface area contributed by atoms with Gasteiger partial charge in [-0.15, -0.1) is 0 Å². The Balaban J connectivity index is 2.30. The van der Waals surface area contributed by atoms with Crippen molar-refractivity contribution in [2.24, 2.45) is 0 Å². The van der Waals surface area contributed by atoms with Crippen molar-refractivity contribution in [1.29, 1.82) is 0 Å². The van der Waals surface area contributed by atoms with E-state index in [2.05, 4.69) is 0 Å². The number of aliphatic hydroxyl groups is 8. The van der Waals surface area contributed by atoms with Crippen LogP contribution < -0.4 is 0 Å². The Morgan fingerprint density at radius 1 is 0.730 bits per heavy atom. The summed E-state index contributed by atoms with van der Waals surface area (Å²) in [5, 5.41) is 107. The number of rotatable bonds is 11. The Hall–Kier alpha value is -2.40. The highest BCUT2D eigenvalue weighted by Crippen LogP contribution is 2.31. The van der Waals surface area contributed by atoms with Crippen molar-refractivity contribution in [2.45, 2.75) is 85.8 Å². The molecule has 0 saturated carbocycles. The van der Waals surface area contributed by atoms with Gasteiger partial charge in [-0.05, 0) is 0 Å². The van der Waals surface area contributed by atoms with Crippen LogP contribution in [0.1, 0.15) is 0 Å². The molecule has 0 bridgehead atoms. The van der Waals surface area contributed by atoms with E-state index in [1.54, 1.807) is 0 Å². The van der Waals surface area contributed by atoms with Crippen LogP contribution in [0.3, 0.4) is 0 Å². The standard InChI is InChI=1S/C18H26O19/c19-1-2(20)3(21)10(9(27)14(28)29)34-18-8(26)6(24)11(13(37-18)16(32)33)35-17-7(25)4(22)5(23)12(36-17)15(30)31/h1-13,17-18,20-27H,(H,28,29)(H,30,31)(H,32,33)/t2?,3-,4+,5+,6?,7?,8+,9?,10+,11-,12?,13?,17+,18-/m0/s1. The summed E-state index contributed by atoms with van der Waals surface area (Å²) in [4.78, 5) is 44.9. The predicted molar refractivity (Wildman–Crippen MR) is 104 cm³/mol. The molecular formula is C18H26O19. The summed E-state index contributed by atoms with van der Waals surface area (Å²) in [6, 6.07) is 0. The van der Waals surface area contributed by atoms with E-state index in [4.69, 9.17) is 29.2 Å². The Morgan fingerprint density at radius 3 is 1.73 bits per heavy atom. The second kappa shape index (κ2) is 12.4. The molecule has 0 radical (unpaired) electrons. The summed E-state index contributed by atoms with van der Waals surface area (Å²) in [5.41, 5.74) is 0. The molecule has 0 aromatic rings. The lowest BCUT2D eigenvalue weighted by Gasteiger charge is -2.45. The molecule has 11 N–H and O–H groups in total. The molecule has 2 heterocycles. The van der Waals surface area contributed by atoms with Gasteiger partial charge >= 0.3 is 17.9 Å². The van der Waals surface area contributed by atoms with E-state index >= 15 is 0 Å². The van der Waals surface area contributed by atoms with E-state index in [-0.39, 0.29) is 6.29 Å². The predicted octanol–water partition coefficient (Wildman–Crippen LogP) is -7.45. The third-order valence-electron chi connectivity index (χ3n) is 5.57. The largest absolute Gasteiger partial charge is 0.479 e. The summed E-state index contributed by atoms with van der Waals surface area (Å²) in [7, 11) is 0. The average molecular weight is 546 g/mol. The molecule has 19 heteroatoms. The lowest BCUT2D eigenvalue weighted by atomic mass is 9.96. The number of hydrogen-bond acceptors (Lipinski definition) is 16. The molecule has 2 rings (SSSR count). The van der Waals surface area contributed by atoms with Crippen molar-refractivity contribution < 1.29 is 94.3 Å². The lowest BCUT2D eigenvalue weighted by Crippen LogP contribution is -2.66. The van der Waals surface area contributed by atoms with Crippen molar-refractivity contribution in [3.8, 4) is 0 Å². The van der Waals surface area contributed by atoms with Gasteiger partial charge < -0.3 is 79.9 Å². The topological polar surface area (TPSA) is 328 Å². The molecule has 2 saturated heterocycles. The van der Waals surface area contributed by atoms with E-state index in [1.807, 2.05) is 0 Å². The highest BCUT2D eigenvalue weighted by atomic mass is 16.7. The molecule has 0 aromatic carbocycles. The average Bonchev–Trinajstić information content (AvgIpc) is 2.84. The maximum atomic E-state index is 11.8. The smallest absolute Gasteiger partial charge is 0.335 e. The second-order valence-corrected chi connectivity index (χ2v) is 8.08. The van der Waals surface area contributed by atoms with Gasteiger partial charge in [0.05, 0.1) is 0 Å². The molecule has 2 aliphatic rings. The molecule has 212 valence electrons. The molecule has 0 aromatic heterocycles. The summed E-state index contributed by atoms with van der Waals surface area (Å²) >= 11 is 0. The Bertz CT molecular complexity index is 836. The monoisotopic (exact) mass is 546 g/mol. The zero-order chi connectivity index (χ0) is 28.4. The fourth-order valence-corrected chi connectivity index (χ4v) is 3.53. The molecule has 19 nitrogen and oxygen atoms in total. The van der Waals surface area contributed by atoms with Crippen LogP contribution >= 0.6 is 0 Å². The fraction of sp³-hybridized carbons (Fsp3) is 0.778. The number of aliphatic carboxylic acids is 3. The fourth-order valence-electron chi connectivity index (χ4n) is 3.53. The van der Waals surface area contributed by atoms with Crippen LogP contribution in [-0.2, 0) is 38.1 Å². The van der Waals surface area contributed by atoms with Gasteiger partial charge in [-0.1, -0.05) is 0 Å². The zero-order valence-corrected chi connectivity index (χ0v) is 18.3. The van der Waals surface area contributed by atoms with E-state index < -0.39 is 104 Å². The van der Waals surface area contributed by atoms with E-state index in [0.29, 0.717) is 0 Å². The van der Waals surface area contributed by atoms with Gasteiger partial charge in [0.15, 0.2) is 37.2 Å². The van der Waals surface area contributed by atoms with Gasteiger partial charge in [-0.2, -0.15) is 0 Å². The van der Waals surface area contributed by atoms with Crippen molar-refractivity contribution >= 4 is 24.2 Å². The van der Waals surface area contributed by atoms with Crippen LogP contribution in [-0.4, -0.2) is 166 Å². The van der Waals surface area contributed by atoms with Gasteiger partial charge in [-0.25, -0.2) is 14.4 Å². The number of hydrogen-bond donors (Lipinski definition) is 11. The molecule has 0 aliphatic carbocycles. The molecule has 0 amide bonds. The highest BCUT2D eigenvalue weighted by molar-refractivity contribution is 5.74. The van der Waals surface area contributed by atoms with Crippen LogP contribution in [0.15, 0.2) is 0 Å². The summed E-state index contributed by atoms with van der Waals surface area (Å²) in [6.07, 6.45) is -32.6. The first kappa shape index (κ1) is 30.8. The number of carboxylic acid groups (broad SMARTS) is 3. The van der Waals surface area contributed by atoms with E-state index in [0.717, 1.165) is 0 Å². The summed E-state index contributed by atoms with van der Waals surface area (Å²) < 4.78 is 19.8. The van der Waals surface area contributed by atoms with Crippen molar-refractivity contribution in [2.75, 3.05) is 0 Å². The van der Waals surface area contributed by atoms with Crippen LogP contribution in [0.5, 0.6) is 0 Å². The van der Waals surface area contributed by atoms with E-state index in [9.17, 15) is 65.1 Å². The minimum atomic E-state index is -2.67. The first-order chi connectivity index (χ1) is 17.1. The number of carboxylic acids is 3. The molecular weight excluding hydrogens is 520 g/mol. The van der Waals surface area contributed by atoms with Crippen molar-refractivity contribution in [1.82, 2.24) is 0 Å². The Kier molecular flexibility index (Phi) is 10.4. The molecule has 0 spiro atoms. The number of aldehydes is 1. The Morgan fingerprint density at radius 2 is 1.24 bits per heavy atom. The number of ether oxygens (including phenoxy) is 4. The van der Waals surface area contributed by atoms with Crippen molar-refractivity contribution in [3.63, 3.8) is 0 Å². The van der Waals surface area contributed by atoms with Crippen molar-refractivity contribution in [3.05, 3.63) is 0 Å². The van der Waals surface area contributed by atoms with Gasteiger partial charge in [0.1, 0.15) is 54.9 Å². The normalized spacial score (nSPS) is 39.7. The summed E-state index contributed by atoms with van der Waals surface area (Å²) in [6.45, 7) is 0. The Labute approximate surface area is 205 Å². The molecule has 2 fully saturated rings.